The third kappa shape index (κ3) is 3.33. The normalized spacial score (nSPS) is 20.3. The fraction of sp³-hybridized carbons (Fsp3) is 0.389. The Morgan fingerprint density at radius 1 is 1.29 bits per heavy atom. The van der Waals surface area contributed by atoms with Gasteiger partial charge in [0.1, 0.15) is 5.78 Å². The molecule has 1 aromatic heterocycles. The number of likely N-dealkylation sites (N-methyl/N-ethyl adjacent to an activating group) is 1. The lowest BCUT2D eigenvalue weighted by Crippen LogP contribution is -2.43. The Kier molecular flexibility index (Phi) is 5.21. The molecule has 3 rings (SSSR count). The number of benzene rings is 1. The van der Waals surface area contributed by atoms with Gasteiger partial charge in [-0.25, -0.2) is 0 Å². The molecule has 2 atom stereocenters. The molecule has 0 N–H and O–H groups in total. The molecular formula is C18H20Cl2N2OS. The van der Waals surface area contributed by atoms with Crippen LogP contribution >= 0.6 is 34.5 Å². The van der Waals surface area contributed by atoms with Crippen molar-refractivity contribution in [1.82, 2.24) is 4.90 Å². The first-order valence-corrected chi connectivity index (χ1v) is 9.46. The van der Waals surface area contributed by atoms with Crippen molar-refractivity contribution in [2.24, 2.45) is 0 Å². The van der Waals surface area contributed by atoms with Crippen LogP contribution in [0.15, 0.2) is 29.6 Å². The number of rotatable bonds is 4. The molecule has 6 heteroatoms. The third-order valence-electron chi connectivity index (χ3n) is 4.42. The molecule has 24 heavy (non-hydrogen) atoms. The minimum absolute atomic E-state index is 0.0980. The number of hydrogen-bond acceptors (Lipinski definition) is 4. The molecule has 0 aliphatic carbocycles. The number of Topliss-reactive ketones (excluding diaryl/α,β-unsaturated/α-hetero) is 1. The summed E-state index contributed by atoms with van der Waals surface area (Å²) in [5.74, 6) is 0.0992. The van der Waals surface area contributed by atoms with E-state index in [9.17, 15) is 4.79 Å². The summed E-state index contributed by atoms with van der Waals surface area (Å²) in [6, 6.07) is 7.98. The summed E-state index contributed by atoms with van der Waals surface area (Å²) in [6.45, 7) is 3.21. The van der Waals surface area contributed by atoms with Gasteiger partial charge in [0.25, 0.3) is 0 Å². The molecular weight excluding hydrogens is 363 g/mol. The van der Waals surface area contributed by atoms with E-state index in [1.165, 1.54) is 10.4 Å². The van der Waals surface area contributed by atoms with Crippen LogP contribution in [-0.2, 0) is 4.79 Å². The van der Waals surface area contributed by atoms with Crippen molar-refractivity contribution in [3.63, 3.8) is 0 Å². The number of carbonyl (C=O) groups is 1. The summed E-state index contributed by atoms with van der Waals surface area (Å²) >= 11 is 14.0. The van der Waals surface area contributed by atoms with Crippen molar-refractivity contribution in [3.8, 4) is 0 Å². The average molecular weight is 383 g/mol. The van der Waals surface area contributed by atoms with Gasteiger partial charge in [-0.3, -0.25) is 4.79 Å². The van der Waals surface area contributed by atoms with Crippen molar-refractivity contribution >= 4 is 46.0 Å². The Hall–Kier alpha value is -1.07. The van der Waals surface area contributed by atoms with Crippen LogP contribution in [0.5, 0.6) is 0 Å². The topological polar surface area (TPSA) is 23.6 Å². The van der Waals surface area contributed by atoms with E-state index in [0.29, 0.717) is 16.6 Å². The predicted molar refractivity (Wildman–Crippen MR) is 103 cm³/mol. The lowest BCUT2D eigenvalue weighted by molar-refractivity contribution is -0.118. The van der Waals surface area contributed by atoms with E-state index in [-0.39, 0.29) is 17.7 Å². The van der Waals surface area contributed by atoms with E-state index in [1.807, 2.05) is 18.2 Å². The molecule has 2 aromatic rings. The minimum atomic E-state index is -0.0980. The fourth-order valence-corrected chi connectivity index (χ4v) is 4.64. The van der Waals surface area contributed by atoms with Crippen LogP contribution in [0.1, 0.15) is 29.3 Å². The monoisotopic (exact) mass is 382 g/mol. The van der Waals surface area contributed by atoms with E-state index in [0.717, 1.165) is 12.2 Å². The van der Waals surface area contributed by atoms with Gasteiger partial charge in [-0.15, -0.1) is 11.3 Å². The first-order chi connectivity index (χ1) is 11.4. The number of halogens is 2. The van der Waals surface area contributed by atoms with Gasteiger partial charge in [0, 0.05) is 23.7 Å². The number of nitrogens with zero attached hydrogens (tertiary/aromatic N) is 2. The van der Waals surface area contributed by atoms with Crippen LogP contribution in [0, 0.1) is 0 Å². The van der Waals surface area contributed by atoms with E-state index >= 15 is 0 Å². The molecule has 0 spiro atoms. The lowest BCUT2D eigenvalue weighted by atomic mass is 9.88. The highest BCUT2D eigenvalue weighted by molar-refractivity contribution is 7.10. The van der Waals surface area contributed by atoms with E-state index in [1.54, 1.807) is 18.3 Å². The highest BCUT2D eigenvalue weighted by Gasteiger charge is 2.36. The quantitative estimate of drug-likeness (QED) is 0.754. The van der Waals surface area contributed by atoms with Crippen LogP contribution in [-0.4, -0.2) is 37.9 Å². The summed E-state index contributed by atoms with van der Waals surface area (Å²) in [7, 11) is 4.13. The Balaban J connectivity index is 2.08. The molecule has 128 valence electrons. The zero-order chi connectivity index (χ0) is 17.4. The molecule has 0 saturated carbocycles. The van der Waals surface area contributed by atoms with Crippen molar-refractivity contribution in [3.05, 3.63) is 50.1 Å². The second-order valence-electron chi connectivity index (χ2n) is 6.43. The van der Waals surface area contributed by atoms with Crippen molar-refractivity contribution in [2.45, 2.75) is 18.9 Å². The zero-order valence-corrected chi connectivity index (χ0v) is 16.3. The maximum Gasteiger partial charge on any atom is 0.139 e. The zero-order valence-electron chi connectivity index (χ0n) is 13.9. The number of fused-ring (bicyclic) bond motifs is 1. The largest absolute Gasteiger partial charge is 0.361 e. The van der Waals surface area contributed by atoms with Crippen molar-refractivity contribution in [1.29, 1.82) is 0 Å². The first-order valence-electron chi connectivity index (χ1n) is 7.82. The number of ketones is 1. The molecule has 1 aliphatic heterocycles. The summed E-state index contributed by atoms with van der Waals surface area (Å²) in [4.78, 5) is 17.9. The van der Waals surface area contributed by atoms with E-state index < -0.39 is 0 Å². The summed E-state index contributed by atoms with van der Waals surface area (Å²) < 4.78 is 0. The summed E-state index contributed by atoms with van der Waals surface area (Å²) in [5.41, 5.74) is 2.18. The molecule has 2 heterocycles. The van der Waals surface area contributed by atoms with Crippen LogP contribution in [0.4, 0.5) is 5.69 Å². The Bertz CT molecular complexity index is 759. The maximum absolute atomic E-state index is 12.2. The van der Waals surface area contributed by atoms with Gasteiger partial charge in [0.2, 0.25) is 0 Å². The third-order valence-corrected chi connectivity index (χ3v) is 6.20. The first kappa shape index (κ1) is 17.7. The number of carbonyl (C=O) groups excluding carboxylic acids is 1. The smallest absolute Gasteiger partial charge is 0.139 e. The molecule has 1 aromatic carbocycles. The Morgan fingerprint density at radius 2 is 2.04 bits per heavy atom. The molecule has 1 aliphatic rings. The summed E-state index contributed by atoms with van der Waals surface area (Å²) in [6.07, 6.45) is 0. The van der Waals surface area contributed by atoms with Gasteiger partial charge in [-0.1, -0.05) is 23.2 Å². The molecule has 0 saturated heterocycles. The molecule has 3 nitrogen and oxygen atoms in total. The maximum atomic E-state index is 12.2. The molecule has 0 fully saturated rings. The van der Waals surface area contributed by atoms with Crippen molar-refractivity contribution < 1.29 is 4.79 Å². The SMILES string of the molecule is CC(=O)C1CN(c2ccc(Cl)c(Cl)c2)C(CN(C)C)c2sccc21. The van der Waals surface area contributed by atoms with Crippen LogP contribution < -0.4 is 4.90 Å². The minimum Gasteiger partial charge on any atom is -0.361 e. The van der Waals surface area contributed by atoms with Crippen LogP contribution in [0.25, 0.3) is 0 Å². The molecule has 0 bridgehead atoms. The fourth-order valence-electron chi connectivity index (χ4n) is 3.28. The summed E-state index contributed by atoms with van der Waals surface area (Å²) in [5, 5.41) is 3.16. The molecule has 2 unspecified atom stereocenters. The van der Waals surface area contributed by atoms with Gasteiger partial charge in [0.15, 0.2) is 0 Å². The van der Waals surface area contributed by atoms with Crippen LogP contribution in [0.2, 0.25) is 10.0 Å². The highest BCUT2D eigenvalue weighted by atomic mass is 35.5. The average Bonchev–Trinajstić information content (AvgIpc) is 2.99. The Labute approximate surface area is 156 Å². The number of anilines is 1. The predicted octanol–water partition coefficient (Wildman–Crippen LogP) is 4.85. The Morgan fingerprint density at radius 3 is 2.67 bits per heavy atom. The van der Waals surface area contributed by atoms with Crippen LogP contribution in [0.3, 0.4) is 0 Å². The molecule has 0 radical (unpaired) electrons. The van der Waals surface area contributed by atoms with E-state index in [2.05, 4.69) is 35.3 Å². The van der Waals surface area contributed by atoms with Gasteiger partial charge >= 0.3 is 0 Å². The van der Waals surface area contributed by atoms with Crippen molar-refractivity contribution in [2.75, 3.05) is 32.1 Å². The second-order valence-corrected chi connectivity index (χ2v) is 8.19. The number of thiophene rings is 1. The molecule has 0 amide bonds. The van der Waals surface area contributed by atoms with Gasteiger partial charge in [-0.2, -0.15) is 0 Å². The number of hydrogen-bond donors (Lipinski definition) is 0. The lowest BCUT2D eigenvalue weighted by Gasteiger charge is -2.41. The van der Waals surface area contributed by atoms with E-state index in [4.69, 9.17) is 23.2 Å². The van der Waals surface area contributed by atoms with Gasteiger partial charge < -0.3 is 9.80 Å². The van der Waals surface area contributed by atoms with Gasteiger partial charge in [-0.05, 0) is 56.2 Å². The highest BCUT2D eigenvalue weighted by Crippen LogP contribution is 2.43. The van der Waals surface area contributed by atoms with Gasteiger partial charge in [0.05, 0.1) is 22.0 Å². The standard InChI is InChI=1S/C18H20Cl2N2OS/c1-11(23)14-9-22(12-4-5-15(19)16(20)8-12)17(10-21(2)3)18-13(14)6-7-24-18/h4-8,14,17H,9-10H2,1-3H3. The second kappa shape index (κ2) is 7.04.